The second-order valence-corrected chi connectivity index (χ2v) is 7.15. The maximum atomic E-state index is 12.0. The highest BCUT2D eigenvalue weighted by Gasteiger charge is 2.21. The van der Waals surface area contributed by atoms with Crippen LogP contribution in [0.1, 0.15) is 25.6 Å². The number of guanidine groups is 1. The van der Waals surface area contributed by atoms with Gasteiger partial charge in [-0.15, -0.1) is 11.3 Å². The molecule has 0 aliphatic heterocycles. The minimum atomic E-state index is -0.178. The van der Waals surface area contributed by atoms with E-state index < -0.39 is 0 Å². The summed E-state index contributed by atoms with van der Waals surface area (Å²) in [6, 6.07) is 7.76. The Morgan fingerprint density at radius 1 is 1.28 bits per heavy atom. The molecule has 134 valence electrons. The van der Waals surface area contributed by atoms with Crippen molar-refractivity contribution in [3.63, 3.8) is 0 Å². The number of nitrogens with one attached hydrogen (secondary N) is 3. The summed E-state index contributed by atoms with van der Waals surface area (Å²) in [6.45, 7) is 7.87. The van der Waals surface area contributed by atoms with Crippen molar-refractivity contribution in [2.45, 2.75) is 26.2 Å². The Morgan fingerprint density at radius 3 is 2.76 bits per heavy atom. The van der Waals surface area contributed by atoms with Crippen LogP contribution in [0, 0.1) is 0 Å². The minimum Gasteiger partial charge on any atom is -0.357 e. The van der Waals surface area contributed by atoms with E-state index in [4.69, 9.17) is 0 Å². The molecular formula is C18H25N5OS. The Morgan fingerprint density at radius 2 is 2.12 bits per heavy atom. The van der Waals surface area contributed by atoms with Crippen LogP contribution in [0.5, 0.6) is 0 Å². The largest absolute Gasteiger partial charge is 0.357 e. The Kier molecular flexibility index (Phi) is 6.94. The van der Waals surface area contributed by atoms with Gasteiger partial charge in [-0.1, -0.05) is 19.9 Å². The molecule has 2 aromatic rings. The minimum absolute atomic E-state index is 0.0116. The molecule has 0 saturated heterocycles. The fraction of sp³-hybridized carbons (Fsp3) is 0.389. The number of nitrogens with zero attached hydrogens (tertiary/aromatic N) is 2. The third-order valence-electron chi connectivity index (χ3n) is 3.56. The molecule has 25 heavy (non-hydrogen) atoms. The van der Waals surface area contributed by atoms with Gasteiger partial charge in [0.15, 0.2) is 5.96 Å². The SMILES string of the molecule is CCNC(=NCC(=O)Nc1cccnc1)NCC(C)(C)c1cccs1. The van der Waals surface area contributed by atoms with E-state index in [1.54, 1.807) is 35.9 Å². The number of thiophene rings is 1. The smallest absolute Gasteiger partial charge is 0.246 e. The summed E-state index contributed by atoms with van der Waals surface area (Å²) >= 11 is 1.74. The topological polar surface area (TPSA) is 78.4 Å². The first-order chi connectivity index (χ1) is 12.0. The number of carbonyl (C=O) groups excluding carboxylic acids is 1. The third kappa shape index (κ3) is 6.19. The van der Waals surface area contributed by atoms with Gasteiger partial charge in [-0.3, -0.25) is 9.78 Å². The van der Waals surface area contributed by atoms with Gasteiger partial charge in [0.25, 0.3) is 0 Å². The highest BCUT2D eigenvalue weighted by Crippen LogP contribution is 2.26. The number of hydrogen-bond acceptors (Lipinski definition) is 4. The standard InChI is InChI=1S/C18H25N5OS/c1-4-20-17(22-13-18(2,3)15-8-6-10-25-15)21-12-16(24)23-14-7-5-9-19-11-14/h5-11H,4,12-13H2,1-3H3,(H,23,24)(H2,20,21,22). The van der Waals surface area contributed by atoms with Crippen molar-refractivity contribution in [3.8, 4) is 0 Å². The number of hydrogen-bond donors (Lipinski definition) is 3. The van der Waals surface area contributed by atoms with Gasteiger partial charge in [0.1, 0.15) is 6.54 Å². The van der Waals surface area contributed by atoms with Crippen molar-refractivity contribution < 1.29 is 4.79 Å². The number of pyridine rings is 1. The fourth-order valence-corrected chi connectivity index (χ4v) is 3.04. The van der Waals surface area contributed by atoms with Crippen LogP contribution in [0.15, 0.2) is 47.0 Å². The molecule has 0 unspecified atom stereocenters. The van der Waals surface area contributed by atoms with Crippen LogP contribution in [-0.4, -0.2) is 36.5 Å². The molecule has 3 N–H and O–H groups in total. The zero-order valence-corrected chi connectivity index (χ0v) is 15.7. The second-order valence-electron chi connectivity index (χ2n) is 6.20. The summed E-state index contributed by atoms with van der Waals surface area (Å²) in [5.74, 6) is 0.455. The summed E-state index contributed by atoms with van der Waals surface area (Å²) in [7, 11) is 0. The van der Waals surface area contributed by atoms with Crippen LogP contribution in [0.4, 0.5) is 5.69 Å². The highest BCUT2D eigenvalue weighted by atomic mass is 32.1. The average Bonchev–Trinajstić information content (AvgIpc) is 3.14. The van der Waals surface area contributed by atoms with Gasteiger partial charge in [0.2, 0.25) is 5.91 Å². The van der Waals surface area contributed by atoms with Crippen LogP contribution in [-0.2, 0) is 10.2 Å². The normalized spacial score (nSPS) is 11.9. The van der Waals surface area contributed by atoms with E-state index in [9.17, 15) is 4.79 Å². The lowest BCUT2D eigenvalue weighted by atomic mass is 9.91. The zero-order chi connectivity index (χ0) is 18.1. The van der Waals surface area contributed by atoms with E-state index in [1.807, 2.05) is 6.92 Å². The molecule has 6 nitrogen and oxygen atoms in total. The van der Waals surface area contributed by atoms with Crippen LogP contribution < -0.4 is 16.0 Å². The third-order valence-corrected chi connectivity index (χ3v) is 4.79. The number of amides is 1. The predicted octanol–water partition coefficient (Wildman–Crippen LogP) is 2.61. The lowest BCUT2D eigenvalue weighted by molar-refractivity contribution is -0.114. The van der Waals surface area contributed by atoms with E-state index in [1.165, 1.54) is 4.88 Å². The van der Waals surface area contributed by atoms with Crippen LogP contribution in [0.25, 0.3) is 0 Å². The molecule has 0 radical (unpaired) electrons. The molecule has 0 saturated carbocycles. The molecule has 7 heteroatoms. The first-order valence-electron chi connectivity index (χ1n) is 8.27. The number of carbonyl (C=O) groups is 1. The molecule has 0 bridgehead atoms. The Hall–Kier alpha value is -2.41. The molecule has 2 rings (SSSR count). The fourth-order valence-electron chi connectivity index (χ4n) is 2.19. The monoisotopic (exact) mass is 359 g/mol. The molecule has 0 spiro atoms. The van der Waals surface area contributed by atoms with Crippen molar-refractivity contribution in [3.05, 3.63) is 46.9 Å². The number of aliphatic imine (C=N–C) groups is 1. The summed E-state index contributed by atoms with van der Waals surface area (Å²) in [5, 5.41) is 11.3. The number of rotatable bonds is 7. The summed E-state index contributed by atoms with van der Waals surface area (Å²) in [4.78, 5) is 21.6. The lowest BCUT2D eigenvalue weighted by Gasteiger charge is -2.25. The molecule has 0 aliphatic carbocycles. The molecule has 0 aromatic carbocycles. The quantitative estimate of drug-likeness (QED) is 0.524. The van der Waals surface area contributed by atoms with Gasteiger partial charge < -0.3 is 16.0 Å². The van der Waals surface area contributed by atoms with Crippen molar-refractivity contribution in [1.82, 2.24) is 15.6 Å². The first-order valence-corrected chi connectivity index (χ1v) is 9.15. The highest BCUT2D eigenvalue weighted by molar-refractivity contribution is 7.10. The van der Waals surface area contributed by atoms with Crippen LogP contribution in [0.2, 0.25) is 0 Å². The van der Waals surface area contributed by atoms with Crippen molar-refractivity contribution in [1.29, 1.82) is 0 Å². The van der Waals surface area contributed by atoms with Gasteiger partial charge in [-0.2, -0.15) is 0 Å². The lowest BCUT2D eigenvalue weighted by Crippen LogP contribution is -2.43. The summed E-state index contributed by atoms with van der Waals surface area (Å²) in [6.07, 6.45) is 3.27. The van der Waals surface area contributed by atoms with Gasteiger partial charge in [-0.05, 0) is 30.5 Å². The summed E-state index contributed by atoms with van der Waals surface area (Å²) in [5.41, 5.74) is 0.655. The summed E-state index contributed by atoms with van der Waals surface area (Å²) < 4.78 is 0. The molecule has 1 amide bonds. The molecule has 2 heterocycles. The van der Waals surface area contributed by atoms with Crippen LogP contribution >= 0.6 is 11.3 Å². The average molecular weight is 359 g/mol. The van der Waals surface area contributed by atoms with E-state index in [2.05, 4.69) is 57.3 Å². The van der Waals surface area contributed by atoms with Crippen molar-refractivity contribution >= 4 is 28.9 Å². The predicted molar refractivity (Wildman–Crippen MR) is 104 cm³/mol. The Bertz CT molecular complexity index is 683. The molecule has 0 atom stereocenters. The van der Waals surface area contributed by atoms with Crippen LogP contribution in [0.3, 0.4) is 0 Å². The second kappa shape index (κ2) is 9.17. The Labute approximate surface area is 152 Å². The van der Waals surface area contributed by atoms with Gasteiger partial charge in [0.05, 0.1) is 11.9 Å². The van der Waals surface area contributed by atoms with Gasteiger partial charge in [0, 0.05) is 29.6 Å². The van der Waals surface area contributed by atoms with Crippen molar-refractivity contribution in [2.24, 2.45) is 4.99 Å². The molecule has 2 aromatic heterocycles. The molecular weight excluding hydrogens is 334 g/mol. The number of anilines is 1. The van der Waals surface area contributed by atoms with Gasteiger partial charge >= 0.3 is 0 Å². The first kappa shape index (κ1) is 18.9. The van der Waals surface area contributed by atoms with Crippen molar-refractivity contribution in [2.75, 3.05) is 25.0 Å². The van der Waals surface area contributed by atoms with E-state index in [0.29, 0.717) is 11.6 Å². The van der Waals surface area contributed by atoms with E-state index in [-0.39, 0.29) is 17.9 Å². The maximum absolute atomic E-state index is 12.0. The molecule has 0 fully saturated rings. The zero-order valence-electron chi connectivity index (χ0n) is 14.9. The number of aromatic nitrogens is 1. The van der Waals surface area contributed by atoms with E-state index in [0.717, 1.165) is 13.1 Å². The van der Waals surface area contributed by atoms with Gasteiger partial charge in [-0.25, -0.2) is 4.99 Å². The maximum Gasteiger partial charge on any atom is 0.246 e. The Balaban J connectivity index is 1.90. The molecule has 0 aliphatic rings. The van der Waals surface area contributed by atoms with E-state index >= 15 is 0 Å².